The molecule has 2 heterocycles. The summed E-state index contributed by atoms with van der Waals surface area (Å²) in [5, 5.41) is 5.79. The van der Waals surface area contributed by atoms with Gasteiger partial charge in [-0.25, -0.2) is 0 Å². The van der Waals surface area contributed by atoms with E-state index in [9.17, 15) is 0 Å². The molecule has 0 saturated heterocycles. The summed E-state index contributed by atoms with van der Waals surface area (Å²) in [5.41, 5.74) is 9.68. The van der Waals surface area contributed by atoms with E-state index in [1.165, 1.54) is 21.5 Å². The van der Waals surface area contributed by atoms with Gasteiger partial charge in [0, 0.05) is 0 Å². The minimum absolute atomic E-state index is 0. The largest absolute Gasteiger partial charge is 1.00 e. The van der Waals surface area contributed by atoms with E-state index in [0.717, 1.165) is 7.25 Å². The Morgan fingerprint density at radius 2 is 0.973 bits per heavy atom. The van der Waals surface area contributed by atoms with Crippen LogP contribution in [0.3, 0.4) is 0 Å². The van der Waals surface area contributed by atoms with Crippen molar-refractivity contribution < 1.29 is 42.3 Å². The van der Waals surface area contributed by atoms with Crippen LogP contribution >= 0.6 is 0 Å². The standard InChI is InChI=1S/2C14H11.C4H8Si2.2ClH.Zr/c2*1-10-8-12-7-6-11-4-2-3-5-13(11)14(12)9-10;1-2-6-4-3-5-1;;;/h2*2-9H,1H3;1-4H2;2*1H;/q;;;;;+2/p-2. The molecule has 2 atom stereocenters. The van der Waals surface area contributed by atoms with Crippen molar-refractivity contribution in [2.24, 2.45) is 0 Å². The zero-order chi connectivity index (χ0) is 23.3. The second-order valence-electron chi connectivity index (χ2n) is 11.3. The van der Waals surface area contributed by atoms with E-state index < -0.39 is 17.5 Å². The second kappa shape index (κ2) is 9.46. The maximum absolute atomic E-state index is 2.67. The SMILES string of the molecule is CC1=Cc2c(ccc3ccccc23)[CH]1[Zr+2]1([CH]2C(C)=Cc3c2ccc2ccccc32)=[Si]2CC[Si]=1CC2.[Cl-].[Cl-]. The van der Waals surface area contributed by atoms with Crippen molar-refractivity contribution >= 4 is 44.6 Å². The van der Waals surface area contributed by atoms with E-state index in [2.05, 4.69) is 98.8 Å². The average Bonchev–Trinajstić information content (AvgIpc) is 3.62. The minimum Gasteiger partial charge on any atom is -1.00 e. The first kappa shape index (κ1) is 26.0. The summed E-state index contributed by atoms with van der Waals surface area (Å²) < 4.78 is 1.64. The third-order valence-corrected chi connectivity index (χ3v) is 68.8. The molecule has 0 radical (unpaired) electrons. The third-order valence-electron chi connectivity index (χ3n) is 9.82. The Morgan fingerprint density at radius 1 is 0.568 bits per heavy atom. The Bertz CT molecular complexity index is 1670. The molecule has 0 amide bonds. The van der Waals surface area contributed by atoms with Gasteiger partial charge in [0.05, 0.1) is 0 Å². The molecule has 4 aliphatic rings. The Balaban J connectivity index is 0.00000126. The summed E-state index contributed by atoms with van der Waals surface area (Å²) in [7, 11) is 0. The molecule has 0 spiro atoms. The van der Waals surface area contributed by atoms with E-state index >= 15 is 0 Å². The van der Waals surface area contributed by atoms with Gasteiger partial charge in [-0.05, 0) is 0 Å². The molecule has 4 aromatic carbocycles. The van der Waals surface area contributed by atoms with Gasteiger partial charge in [-0.15, -0.1) is 0 Å². The van der Waals surface area contributed by atoms with Crippen LogP contribution in [-0.4, -0.2) is 10.9 Å². The molecule has 184 valence electrons. The summed E-state index contributed by atoms with van der Waals surface area (Å²) in [6.45, 7) is 5.05. The number of hydrogen-bond acceptors (Lipinski definition) is 0. The van der Waals surface area contributed by atoms with E-state index in [-0.39, 0.29) is 35.7 Å². The Hall–Kier alpha value is -1.22. The van der Waals surface area contributed by atoms with Crippen molar-refractivity contribution in [3.05, 3.63) is 106 Å². The van der Waals surface area contributed by atoms with Crippen molar-refractivity contribution in [1.82, 2.24) is 0 Å². The molecular formula is C32H30Cl2Si2Zr. The van der Waals surface area contributed by atoms with Crippen LogP contribution in [0.5, 0.6) is 0 Å². The Morgan fingerprint density at radius 3 is 1.41 bits per heavy atom. The van der Waals surface area contributed by atoms with Gasteiger partial charge in [-0.3, -0.25) is 0 Å². The summed E-state index contributed by atoms with van der Waals surface area (Å²) in [4.78, 5) is 0. The van der Waals surface area contributed by atoms with Gasteiger partial charge in [0.1, 0.15) is 0 Å². The number of hydrogen-bond donors (Lipinski definition) is 0. The zero-order valence-electron chi connectivity index (χ0n) is 21.3. The summed E-state index contributed by atoms with van der Waals surface area (Å²) >= 11 is -2.67. The molecule has 0 N–H and O–H groups in total. The van der Waals surface area contributed by atoms with Gasteiger partial charge in [0.15, 0.2) is 0 Å². The van der Waals surface area contributed by atoms with E-state index in [1.807, 2.05) is 0 Å². The summed E-state index contributed by atoms with van der Waals surface area (Å²) in [5.74, 6) is 0. The smallest absolute Gasteiger partial charge is 1.00 e. The quantitative estimate of drug-likeness (QED) is 0.299. The number of rotatable bonds is 2. The fourth-order valence-electron chi connectivity index (χ4n) is 8.69. The molecule has 2 aliphatic heterocycles. The van der Waals surface area contributed by atoms with Gasteiger partial charge in [-0.1, -0.05) is 0 Å². The molecule has 0 saturated carbocycles. The summed E-state index contributed by atoms with van der Waals surface area (Å²) in [6.07, 6.45) is 5.28. The van der Waals surface area contributed by atoms with Crippen LogP contribution in [0.25, 0.3) is 33.7 Å². The third kappa shape index (κ3) is 3.40. The predicted octanol–water partition coefficient (Wildman–Crippen LogP) is 2.78. The maximum Gasteiger partial charge on any atom is -1.00 e. The van der Waals surface area contributed by atoms with Crippen molar-refractivity contribution in [1.29, 1.82) is 0 Å². The Kier molecular flexibility index (Phi) is 6.65. The average molecular weight is 633 g/mol. The van der Waals surface area contributed by atoms with Crippen LogP contribution in [0.4, 0.5) is 0 Å². The molecule has 2 bridgehead atoms. The number of fused-ring (bicyclic) bond motifs is 6. The summed E-state index contributed by atoms with van der Waals surface area (Å²) in [6, 6.07) is 34.8. The minimum atomic E-state index is -2.67. The van der Waals surface area contributed by atoms with Crippen LogP contribution < -0.4 is 24.8 Å². The topological polar surface area (TPSA) is 0 Å². The molecule has 0 aromatic heterocycles. The van der Waals surface area contributed by atoms with Gasteiger partial charge < -0.3 is 24.8 Å². The van der Waals surface area contributed by atoms with E-state index in [1.54, 1.807) is 57.6 Å². The fourth-order valence-corrected chi connectivity index (χ4v) is 92.0. The molecule has 5 heteroatoms. The molecule has 2 aliphatic carbocycles. The van der Waals surface area contributed by atoms with Gasteiger partial charge >= 0.3 is 214 Å². The molecule has 0 nitrogen and oxygen atoms in total. The van der Waals surface area contributed by atoms with Gasteiger partial charge in [0.2, 0.25) is 0 Å². The van der Waals surface area contributed by atoms with Crippen LogP contribution in [0.1, 0.15) is 43.4 Å². The number of allylic oxidation sites excluding steroid dienone is 2. The molecule has 8 rings (SSSR count). The first-order chi connectivity index (χ1) is 17.2. The number of benzene rings is 4. The molecule has 2 unspecified atom stereocenters. The Labute approximate surface area is 236 Å². The molecular weight excluding hydrogens is 603 g/mol. The molecule has 0 fully saturated rings. The van der Waals surface area contributed by atoms with Crippen LogP contribution in [0.15, 0.2) is 83.9 Å². The van der Waals surface area contributed by atoms with Gasteiger partial charge in [0.25, 0.3) is 0 Å². The van der Waals surface area contributed by atoms with Crippen LogP contribution in [-0.2, 0) is 17.5 Å². The zero-order valence-corrected chi connectivity index (χ0v) is 27.3. The monoisotopic (exact) mass is 630 g/mol. The van der Waals surface area contributed by atoms with Crippen molar-refractivity contribution in [3.8, 4) is 0 Å². The van der Waals surface area contributed by atoms with E-state index in [0.29, 0.717) is 0 Å². The second-order valence-corrected chi connectivity index (χ2v) is 46.0. The maximum atomic E-state index is 2.64. The molecule has 37 heavy (non-hydrogen) atoms. The van der Waals surface area contributed by atoms with Crippen molar-refractivity contribution in [2.75, 3.05) is 0 Å². The fraction of sp³-hybridized carbons (Fsp3) is 0.250. The van der Waals surface area contributed by atoms with Crippen LogP contribution in [0.2, 0.25) is 24.2 Å². The van der Waals surface area contributed by atoms with E-state index in [4.69, 9.17) is 0 Å². The van der Waals surface area contributed by atoms with Crippen LogP contribution in [0, 0.1) is 0 Å². The predicted molar refractivity (Wildman–Crippen MR) is 151 cm³/mol. The van der Waals surface area contributed by atoms with Crippen molar-refractivity contribution in [2.45, 2.75) is 45.3 Å². The van der Waals surface area contributed by atoms with Crippen molar-refractivity contribution in [3.63, 3.8) is 0 Å². The normalized spacial score (nSPS) is 20.7. The first-order valence-electron chi connectivity index (χ1n) is 13.3. The first-order valence-corrected chi connectivity index (χ1v) is 27.3. The molecule has 4 aromatic rings. The number of halogens is 2. The van der Waals surface area contributed by atoms with Gasteiger partial charge in [-0.2, -0.15) is 0 Å².